The van der Waals surface area contributed by atoms with Gasteiger partial charge in [-0.2, -0.15) is 0 Å². The van der Waals surface area contributed by atoms with E-state index in [-0.39, 0.29) is 17.1 Å². The molecule has 0 aromatic heterocycles. The molecule has 0 saturated carbocycles. The lowest BCUT2D eigenvalue weighted by molar-refractivity contribution is 0.235. The minimum Gasteiger partial charge on any atom is -0.768 e. The van der Waals surface area contributed by atoms with Crippen molar-refractivity contribution in [2.45, 2.75) is 31.8 Å². The van der Waals surface area contributed by atoms with Gasteiger partial charge in [-0.15, -0.1) is 0 Å². The average Bonchev–Trinajstić information content (AvgIpc) is 2.01. The summed E-state index contributed by atoms with van der Waals surface area (Å²) in [4.78, 5) is 0.251. The van der Waals surface area contributed by atoms with Crippen molar-refractivity contribution in [1.82, 2.24) is 6.15 Å². The third-order valence-electron chi connectivity index (χ3n) is 1.71. The van der Waals surface area contributed by atoms with Crippen LogP contribution in [0.3, 0.4) is 0 Å². The number of ether oxygens (including phenoxy) is 1. The van der Waals surface area contributed by atoms with E-state index in [9.17, 15) is 8.76 Å². The average molecular weight is 230 g/mol. The first-order valence-electron chi connectivity index (χ1n) is 4.38. The van der Waals surface area contributed by atoms with Crippen molar-refractivity contribution in [2.24, 2.45) is 0 Å². The van der Waals surface area contributed by atoms with Crippen LogP contribution in [0.1, 0.15) is 19.4 Å². The third kappa shape index (κ3) is 3.62. The molecule has 0 aliphatic rings. The van der Waals surface area contributed by atoms with Crippen LogP contribution in [0.2, 0.25) is 0 Å². The second kappa shape index (κ2) is 5.85. The van der Waals surface area contributed by atoms with Crippen LogP contribution in [0, 0.1) is 6.92 Å². The summed E-state index contributed by atoms with van der Waals surface area (Å²) >= 11 is -2.24. The lowest BCUT2D eigenvalue weighted by Gasteiger charge is -2.17. The zero-order valence-electron chi connectivity index (χ0n) is 9.15. The number of hydrogen-bond donors (Lipinski definition) is 1. The summed E-state index contributed by atoms with van der Waals surface area (Å²) in [7, 11) is 0. The molecule has 5 heteroatoms. The molecule has 0 bridgehead atoms. The molecule has 0 fully saturated rings. The van der Waals surface area contributed by atoms with Gasteiger partial charge in [0.05, 0.1) is 11.0 Å². The van der Waals surface area contributed by atoms with Crippen LogP contribution in [0.5, 0.6) is 5.75 Å². The largest absolute Gasteiger partial charge is 0.768 e. The minimum absolute atomic E-state index is 0. The fourth-order valence-electron chi connectivity index (χ4n) is 1.19. The maximum Gasteiger partial charge on any atom is 0.134 e. The van der Waals surface area contributed by atoms with Crippen LogP contribution in [0.25, 0.3) is 0 Å². The lowest BCUT2D eigenvalue weighted by atomic mass is 10.2. The molecule has 0 aliphatic heterocycles. The van der Waals surface area contributed by atoms with E-state index in [0.717, 1.165) is 0 Å². The van der Waals surface area contributed by atoms with Gasteiger partial charge in [0.1, 0.15) is 5.75 Å². The molecule has 86 valence electrons. The van der Waals surface area contributed by atoms with E-state index in [1.807, 2.05) is 13.8 Å². The Morgan fingerprint density at radius 1 is 1.40 bits per heavy atom. The number of hydrogen-bond acceptors (Lipinski definition) is 4. The van der Waals surface area contributed by atoms with E-state index < -0.39 is 11.1 Å². The fraction of sp³-hybridized carbons (Fsp3) is 0.400. The minimum atomic E-state index is -2.24. The monoisotopic (exact) mass is 230 g/mol. The predicted molar refractivity (Wildman–Crippen MR) is 59.2 cm³/mol. The van der Waals surface area contributed by atoms with Crippen LogP contribution in [0.4, 0.5) is 0 Å². The molecule has 4 nitrogen and oxygen atoms in total. The summed E-state index contributed by atoms with van der Waals surface area (Å²) in [6, 6.07) is 5.19. The second-order valence-electron chi connectivity index (χ2n) is 3.30. The first-order chi connectivity index (χ1) is 6.52. The quantitative estimate of drug-likeness (QED) is 0.806. The van der Waals surface area contributed by atoms with Crippen LogP contribution < -0.4 is 10.9 Å². The zero-order chi connectivity index (χ0) is 10.7. The maximum absolute atomic E-state index is 10.9. The highest BCUT2D eigenvalue weighted by molar-refractivity contribution is 7.79. The van der Waals surface area contributed by atoms with Gasteiger partial charge in [-0.1, -0.05) is 12.1 Å². The van der Waals surface area contributed by atoms with E-state index in [4.69, 9.17) is 4.74 Å². The molecule has 0 spiro atoms. The third-order valence-corrected chi connectivity index (χ3v) is 2.56. The van der Waals surface area contributed by atoms with Crippen LogP contribution in [-0.4, -0.2) is 14.9 Å². The van der Waals surface area contributed by atoms with Crippen molar-refractivity contribution in [3.63, 3.8) is 0 Å². The summed E-state index contributed by atoms with van der Waals surface area (Å²) in [6.45, 7) is 5.47. The topological polar surface area (TPSA) is 84.4 Å². The Bertz CT molecular complexity index is 353. The highest BCUT2D eigenvalue weighted by Gasteiger charge is 2.08. The molecule has 0 heterocycles. The molecule has 0 saturated heterocycles. The summed E-state index contributed by atoms with van der Waals surface area (Å²) < 4.78 is 27.3. The molecule has 0 amide bonds. The number of rotatable bonds is 3. The van der Waals surface area contributed by atoms with E-state index in [2.05, 4.69) is 0 Å². The highest BCUT2D eigenvalue weighted by Crippen LogP contribution is 2.25. The smallest absolute Gasteiger partial charge is 0.134 e. The molecular formula is C10H16NO3S-. The Balaban J connectivity index is 0.00000196. The van der Waals surface area contributed by atoms with E-state index >= 15 is 0 Å². The fourth-order valence-corrected chi connectivity index (χ4v) is 1.80. The second-order valence-corrected chi connectivity index (χ2v) is 4.18. The summed E-state index contributed by atoms with van der Waals surface area (Å²) in [5.41, 5.74) is 0.705. The molecule has 0 aliphatic carbocycles. The SMILES string of the molecule is Cc1cccc(OC(C)C)c1S(=O)[O-].N. The molecule has 1 aromatic carbocycles. The van der Waals surface area contributed by atoms with Gasteiger partial charge in [-0.05, 0) is 43.5 Å². The number of aryl methyl sites for hydroxylation is 1. The summed E-state index contributed by atoms with van der Waals surface area (Å²) in [5.74, 6) is 0.424. The van der Waals surface area contributed by atoms with Crippen molar-refractivity contribution < 1.29 is 13.5 Å². The molecule has 0 radical (unpaired) electrons. The Kier molecular flexibility index (Phi) is 5.49. The van der Waals surface area contributed by atoms with Crippen molar-refractivity contribution >= 4 is 11.1 Å². The molecule has 1 unspecified atom stereocenters. The molecule has 1 rings (SSSR count). The van der Waals surface area contributed by atoms with Crippen LogP contribution >= 0.6 is 0 Å². The highest BCUT2D eigenvalue weighted by atomic mass is 32.2. The molecule has 1 atom stereocenters. The van der Waals surface area contributed by atoms with Gasteiger partial charge >= 0.3 is 0 Å². The normalized spacial score (nSPS) is 12.1. The van der Waals surface area contributed by atoms with Gasteiger partial charge < -0.3 is 15.4 Å². The standard InChI is InChI=1S/C10H14O3S.H3N/c1-7(2)13-9-6-4-5-8(3)10(9)14(11)12;/h4-7H,1-3H3,(H,11,12);1H3/p-1. The Morgan fingerprint density at radius 3 is 2.47 bits per heavy atom. The van der Waals surface area contributed by atoms with Gasteiger partial charge in [-0.3, -0.25) is 4.21 Å². The van der Waals surface area contributed by atoms with Crippen molar-refractivity contribution in [2.75, 3.05) is 0 Å². The summed E-state index contributed by atoms with van der Waals surface area (Å²) in [6.07, 6.45) is -0.0286. The Hall–Kier alpha value is -0.910. The predicted octanol–water partition coefficient (Wildman–Crippen LogP) is 2.18. The van der Waals surface area contributed by atoms with E-state index in [1.54, 1.807) is 25.1 Å². The molecule has 15 heavy (non-hydrogen) atoms. The summed E-state index contributed by atoms with van der Waals surface area (Å²) in [5, 5.41) is 0. The Morgan fingerprint density at radius 2 is 2.00 bits per heavy atom. The zero-order valence-corrected chi connectivity index (χ0v) is 9.97. The molecule has 1 aromatic rings. The first-order valence-corrected chi connectivity index (χ1v) is 5.45. The van der Waals surface area contributed by atoms with Gasteiger partial charge in [0.2, 0.25) is 0 Å². The van der Waals surface area contributed by atoms with Gasteiger partial charge in [0, 0.05) is 0 Å². The first kappa shape index (κ1) is 14.1. The van der Waals surface area contributed by atoms with Crippen molar-refractivity contribution in [1.29, 1.82) is 0 Å². The van der Waals surface area contributed by atoms with Crippen LogP contribution in [0.15, 0.2) is 23.1 Å². The maximum atomic E-state index is 10.9. The Labute approximate surface area is 92.5 Å². The van der Waals surface area contributed by atoms with Gasteiger partial charge in [0.25, 0.3) is 0 Å². The molecular weight excluding hydrogens is 214 g/mol. The van der Waals surface area contributed by atoms with Gasteiger partial charge in [0.15, 0.2) is 0 Å². The van der Waals surface area contributed by atoms with Gasteiger partial charge in [-0.25, -0.2) is 0 Å². The van der Waals surface area contributed by atoms with E-state index in [1.165, 1.54) is 0 Å². The lowest BCUT2D eigenvalue weighted by Crippen LogP contribution is -2.08. The van der Waals surface area contributed by atoms with Crippen molar-refractivity contribution in [3.8, 4) is 5.75 Å². The van der Waals surface area contributed by atoms with Crippen LogP contribution in [-0.2, 0) is 11.1 Å². The molecule has 3 N–H and O–H groups in total. The van der Waals surface area contributed by atoms with Crippen molar-refractivity contribution in [3.05, 3.63) is 23.8 Å². The number of benzene rings is 1. The van der Waals surface area contributed by atoms with E-state index in [0.29, 0.717) is 11.3 Å².